The minimum atomic E-state index is -0.571. The molecule has 0 saturated carbocycles. The van der Waals surface area contributed by atoms with Crippen molar-refractivity contribution in [2.24, 2.45) is 4.99 Å². The number of hydrogen-bond donors (Lipinski definition) is 2. The number of imidazole rings is 1. The molecule has 8 aromatic rings. The smallest absolute Gasteiger partial charge is 0.330 e. The summed E-state index contributed by atoms with van der Waals surface area (Å²) in [5.74, 6) is 1.98. The molecule has 0 fully saturated rings. The Kier molecular flexibility index (Phi) is 15.6. The molecule has 0 bridgehead atoms. The number of carbonyl (C=O) groups excluding carboxylic acids is 2. The largest absolute Gasteiger partial charge is 0.496 e. The van der Waals surface area contributed by atoms with E-state index in [1.807, 2.05) is 86.9 Å². The Morgan fingerprint density at radius 1 is 0.877 bits per heavy atom. The van der Waals surface area contributed by atoms with Gasteiger partial charge in [0.2, 0.25) is 11.8 Å². The van der Waals surface area contributed by atoms with Crippen molar-refractivity contribution in [2.45, 2.75) is 66.6 Å². The second-order valence-electron chi connectivity index (χ2n) is 17.6. The van der Waals surface area contributed by atoms with Gasteiger partial charge in [0.1, 0.15) is 34.9 Å². The normalized spacial score (nSPS) is 13.7. The average molecular weight is 1030 g/mol. The summed E-state index contributed by atoms with van der Waals surface area (Å²) < 4.78 is 33.5. The Balaban J connectivity index is 0.726. The Labute approximate surface area is 429 Å². The number of halogens is 1. The highest BCUT2D eigenvalue weighted by Gasteiger charge is 2.33. The van der Waals surface area contributed by atoms with Gasteiger partial charge in [-0.1, -0.05) is 35.0 Å². The zero-order valence-electron chi connectivity index (χ0n) is 41.7. The summed E-state index contributed by atoms with van der Waals surface area (Å²) in [5.41, 5.74) is 8.09. The molecule has 0 radical (unpaired) electrons. The number of carbonyl (C=O) groups is 2. The van der Waals surface area contributed by atoms with E-state index in [0.717, 1.165) is 44.4 Å². The second kappa shape index (κ2) is 22.3. The maximum absolute atomic E-state index is 14.3. The molecule has 9 rings (SSSR count). The molecule has 1 unspecified atom stereocenters. The molecule has 6 aromatic heterocycles. The van der Waals surface area contributed by atoms with Gasteiger partial charge < -0.3 is 34.1 Å². The molecule has 1 aliphatic heterocycles. The van der Waals surface area contributed by atoms with Gasteiger partial charge in [0.15, 0.2) is 5.82 Å². The van der Waals surface area contributed by atoms with Gasteiger partial charge in [-0.3, -0.25) is 38.3 Å². The SMILES string of the molecule is COc1cc2c(cc1-c1c(C)noc1C)ncc1c2n(C(C)c2ccccn2)c(=O)n1CC(=O)NCCOCCOCCOCCNC(=O)C[C@@H]1N=C(c2ccc(Cl)cc2)c2c(sc(C)c2C)-n2c(C)nnc21. The van der Waals surface area contributed by atoms with Crippen molar-refractivity contribution in [3.8, 4) is 21.9 Å². The number of rotatable bonds is 21. The molecule has 2 aromatic carbocycles. The molecular weight excluding hydrogens is 974 g/mol. The van der Waals surface area contributed by atoms with Crippen molar-refractivity contribution in [1.29, 1.82) is 0 Å². The number of aryl methyl sites for hydroxylation is 4. The van der Waals surface area contributed by atoms with Crippen molar-refractivity contribution < 1.29 is 33.1 Å². The number of thiophene rings is 1. The molecule has 0 aliphatic carbocycles. The molecule has 1 aliphatic rings. The fourth-order valence-electron chi connectivity index (χ4n) is 9.12. The molecule has 2 atom stereocenters. The summed E-state index contributed by atoms with van der Waals surface area (Å²) in [7, 11) is 1.58. The number of benzene rings is 2. The van der Waals surface area contributed by atoms with Crippen molar-refractivity contribution in [3.63, 3.8) is 0 Å². The van der Waals surface area contributed by atoms with Crippen LogP contribution in [0.2, 0.25) is 5.02 Å². The van der Waals surface area contributed by atoms with Gasteiger partial charge in [0, 0.05) is 51.3 Å². The van der Waals surface area contributed by atoms with E-state index in [2.05, 4.69) is 44.8 Å². The molecular formula is C52H56ClN11O8S. The topological polar surface area (TPSA) is 217 Å². The number of aromatic nitrogens is 8. The van der Waals surface area contributed by atoms with Crippen LogP contribution in [-0.2, 0) is 30.3 Å². The van der Waals surface area contributed by atoms with Crippen LogP contribution in [0, 0.1) is 34.6 Å². The fourth-order valence-corrected chi connectivity index (χ4v) is 10.5. The van der Waals surface area contributed by atoms with Crippen LogP contribution in [0.3, 0.4) is 0 Å². The van der Waals surface area contributed by atoms with Crippen LogP contribution in [0.25, 0.3) is 38.1 Å². The monoisotopic (exact) mass is 1030 g/mol. The second-order valence-corrected chi connectivity index (χ2v) is 19.2. The number of fused-ring (bicyclic) bond motifs is 6. The lowest BCUT2D eigenvalue weighted by atomic mass is 9.99. The van der Waals surface area contributed by atoms with Gasteiger partial charge in [-0.05, 0) is 83.5 Å². The minimum absolute atomic E-state index is 0.0757. The third kappa shape index (κ3) is 10.6. The van der Waals surface area contributed by atoms with Gasteiger partial charge >= 0.3 is 5.69 Å². The highest BCUT2D eigenvalue weighted by molar-refractivity contribution is 7.15. The molecule has 2 N–H and O–H groups in total. The Morgan fingerprint density at radius 2 is 1.59 bits per heavy atom. The van der Waals surface area contributed by atoms with E-state index in [4.69, 9.17) is 45.0 Å². The standard InChI is InChI=1S/C52H56ClN11O8S/c1-29-33(5)73-51-46(29)48(35-11-13-36(53)14-12-35)58-41(50-60-59-34(6)64(50)51)26-44(65)55-16-18-69-20-22-71-23-21-70-19-17-56-45(66)28-62-42-27-57-40-24-38(47-30(2)61-72-32(47)4)43(68-7)25-37(40)49(42)63(52(62)67)31(3)39-10-8-9-15-54-39/h8-15,24-25,27,31,41H,16-23,26,28H2,1-7H3,(H,55,65)(H,56,66)/t31?,41-/m0/s1. The quantitative estimate of drug-likeness (QED) is 0.0687. The molecule has 21 heteroatoms. The first-order chi connectivity index (χ1) is 35.3. The van der Waals surface area contributed by atoms with E-state index in [1.54, 1.807) is 35.4 Å². The van der Waals surface area contributed by atoms with Gasteiger partial charge in [-0.15, -0.1) is 21.5 Å². The number of nitrogens with zero attached hydrogens (tertiary/aromatic N) is 9. The summed E-state index contributed by atoms with van der Waals surface area (Å²) in [5, 5.41) is 21.1. The van der Waals surface area contributed by atoms with E-state index in [9.17, 15) is 14.4 Å². The van der Waals surface area contributed by atoms with Crippen LogP contribution in [0.15, 0.2) is 81.3 Å². The van der Waals surface area contributed by atoms with Crippen molar-refractivity contribution in [3.05, 3.63) is 133 Å². The third-order valence-corrected chi connectivity index (χ3v) is 14.3. The van der Waals surface area contributed by atoms with Crippen molar-refractivity contribution in [1.82, 2.24) is 49.7 Å². The van der Waals surface area contributed by atoms with Crippen LogP contribution < -0.4 is 21.1 Å². The van der Waals surface area contributed by atoms with E-state index in [-0.39, 0.29) is 43.6 Å². The fraction of sp³-hybridized carbons (Fsp3) is 0.365. The molecule has 19 nitrogen and oxygen atoms in total. The molecule has 0 spiro atoms. The van der Waals surface area contributed by atoms with E-state index in [1.165, 1.54) is 9.44 Å². The Hall–Kier alpha value is -7.10. The zero-order valence-corrected chi connectivity index (χ0v) is 43.2. The Bertz CT molecular complexity index is 3380. The van der Waals surface area contributed by atoms with Gasteiger partial charge in [0.25, 0.3) is 0 Å². The summed E-state index contributed by atoms with van der Waals surface area (Å²) in [6.07, 6.45) is 3.38. The molecule has 0 saturated heterocycles. The maximum Gasteiger partial charge on any atom is 0.330 e. The average Bonchev–Trinajstić information content (AvgIpc) is 4.08. The number of ether oxygens (including phenoxy) is 4. The van der Waals surface area contributed by atoms with Crippen LogP contribution in [0.4, 0.5) is 0 Å². The maximum atomic E-state index is 14.3. The first kappa shape index (κ1) is 50.8. The summed E-state index contributed by atoms with van der Waals surface area (Å²) in [6.45, 7) is 13.8. The third-order valence-electron chi connectivity index (χ3n) is 12.8. The number of methoxy groups -OCH3 is 1. The van der Waals surface area contributed by atoms with Crippen LogP contribution in [-0.4, -0.2) is 116 Å². The number of nitrogens with one attached hydrogen (secondary N) is 2. The van der Waals surface area contributed by atoms with E-state index in [0.29, 0.717) is 95.3 Å². The van der Waals surface area contributed by atoms with Gasteiger partial charge in [0.05, 0.1) is 105 Å². The zero-order chi connectivity index (χ0) is 51.3. The lowest BCUT2D eigenvalue weighted by Gasteiger charge is -2.15. The van der Waals surface area contributed by atoms with E-state index < -0.39 is 12.1 Å². The number of pyridine rings is 2. The summed E-state index contributed by atoms with van der Waals surface area (Å²) in [4.78, 5) is 56.7. The molecule has 380 valence electrons. The molecule has 73 heavy (non-hydrogen) atoms. The number of hydrogen-bond acceptors (Lipinski definition) is 15. The van der Waals surface area contributed by atoms with Crippen LogP contribution >= 0.6 is 22.9 Å². The lowest BCUT2D eigenvalue weighted by molar-refractivity contribution is -0.122. The number of aliphatic imine (C=N–C) groups is 1. The highest BCUT2D eigenvalue weighted by atomic mass is 35.5. The van der Waals surface area contributed by atoms with Crippen LogP contribution in [0.5, 0.6) is 5.75 Å². The molecule has 7 heterocycles. The Morgan fingerprint density at radius 3 is 2.26 bits per heavy atom. The first-order valence-corrected chi connectivity index (χ1v) is 25.1. The predicted octanol–water partition coefficient (Wildman–Crippen LogP) is 7.12. The van der Waals surface area contributed by atoms with E-state index >= 15 is 0 Å². The molecule has 2 amide bonds. The minimum Gasteiger partial charge on any atom is -0.496 e. The summed E-state index contributed by atoms with van der Waals surface area (Å²) >= 11 is 7.90. The van der Waals surface area contributed by atoms with Crippen molar-refractivity contribution >= 4 is 62.4 Å². The highest BCUT2D eigenvalue weighted by Crippen LogP contribution is 2.41. The van der Waals surface area contributed by atoms with Gasteiger partial charge in [-0.2, -0.15) is 0 Å². The predicted molar refractivity (Wildman–Crippen MR) is 277 cm³/mol. The van der Waals surface area contributed by atoms with Crippen molar-refractivity contribution in [2.75, 3.05) is 59.8 Å². The lowest BCUT2D eigenvalue weighted by Crippen LogP contribution is -2.35. The number of amides is 2. The van der Waals surface area contributed by atoms with Crippen LogP contribution in [0.1, 0.15) is 75.8 Å². The van der Waals surface area contributed by atoms with Gasteiger partial charge in [-0.25, -0.2) is 4.79 Å². The summed E-state index contributed by atoms with van der Waals surface area (Å²) in [6, 6.07) is 15.8. The first-order valence-electron chi connectivity index (χ1n) is 23.9.